The third-order valence-corrected chi connectivity index (χ3v) is 5.88. The Bertz CT molecular complexity index is 1150. The lowest BCUT2D eigenvalue weighted by Crippen LogP contribution is -2.38. The monoisotopic (exact) mass is 395 g/mol. The zero-order valence-electron chi connectivity index (χ0n) is 15.9. The number of hydrogen-bond acceptors (Lipinski definition) is 7. The van der Waals surface area contributed by atoms with Crippen LogP contribution in [-0.2, 0) is 11.3 Å². The highest BCUT2D eigenvalue weighted by molar-refractivity contribution is 7.99. The van der Waals surface area contributed by atoms with E-state index in [9.17, 15) is 0 Å². The second-order valence-electron chi connectivity index (χ2n) is 6.72. The zero-order valence-corrected chi connectivity index (χ0v) is 16.7. The molecule has 3 aromatic heterocycles. The van der Waals surface area contributed by atoms with E-state index in [-0.39, 0.29) is 0 Å². The maximum Gasteiger partial charge on any atom is 0.228 e. The quantitative estimate of drug-likeness (QED) is 0.492. The van der Waals surface area contributed by atoms with Crippen LogP contribution < -0.4 is 4.90 Å². The molecule has 0 bridgehead atoms. The first-order valence-electron chi connectivity index (χ1n) is 9.43. The summed E-state index contributed by atoms with van der Waals surface area (Å²) in [7, 11) is 0. The van der Waals surface area contributed by atoms with E-state index >= 15 is 0 Å². The third kappa shape index (κ3) is 2.91. The Labute approximate surface area is 166 Å². The fourth-order valence-corrected chi connectivity index (χ4v) is 4.54. The fraction of sp³-hybridized carbons (Fsp3) is 0.368. The van der Waals surface area contributed by atoms with Gasteiger partial charge in [-0.1, -0.05) is 18.2 Å². The topological polar surface area (TPSA) is 73.4 Å². The molecule has 0 radical (unpaired) electrons. The van der Waals surface area contributed by atoms with Gasteiger partial charge in [-0.05, 0) is 31.7 Å². The van der Waals surface area contributed by atoms with Crippen molar-refractivity contribution in [3.63, 3.8) is 0 Å². The Morgan fingerprint density at radius 2 is 1.96 bits per heavy atom. The molecule has 4 aromatic rings. The van der Waals surface area contributed by atoms with Crippen molar-refractivity contribution in [2.24, 2.45) is 0 Å². The molecular formula is C19H21N7OS. The Morgan fingerprint density at radius 1 is 1.14 bits per heavy atom. The smallest absolute Gasteiger partial charge is 0.228 e. The van der Waals surface area contributed by atoms with Gasteiger partial charge < -0.3 is 9.64 Å². The minimum atomic E-state index is 0.725. The van der Waals surface area contributed by atoms with Crippen LogP contribution >= 0.6 is 11.8 Å². The summed E-state index contributed by atoms with van der Waals surface area (Å²) in [4.78, 5) is 7.10. The van der Waals surface area contributed by atoms with Crippen molar-refractivity contribution in [2.75, 3.05) is 31.2 Å². The van der Waals surface area contributed by atoms with Crippen LogP contribution in [0.25, 0.3) is 16.6 Å². The summed E-state index contributed by atoms with van der Waals surface area (Å²) in [5.41, 5.74) is 2.83. The number of rotatable bonds is 4. The normalized spacial score (nSPS) is 15.0. The molecule has 0 amide bonds. The average Bonchev–Trinajstić information content (AvgIpc) is 3.31. The number of anilines is 1. The zero-order chi connectivity index (χ0) is 19.1. The van der Waals surface area contributed by atoms with Gasteiger partial charge in [0.15, 0.2) is 10.8 Å². The number of fused-ring (bicyclic) bond motifs is 3. The summed E-state index contributed by atoms with van der Waals surface area (Å²) in [6, 6.07) is 10.2. The molecule has 0 aliphatic carbocycles. The van der Waals surface area contributed by atoms with Crippen LogP contribution in [-0.4, -0.2) is 55.7 Å². The molecule has 0 atom stereocenters. The molecule has 0 N–H and O–H groups in total. The molecule has 0 spiro atoms. The molecular weight excluding hydrogens is 374 g/mol. The molecule has 1 aliphatic heterocycles. The Kier molecular flexibility index (Phi) is 4.40. The Morgan fingerprint density at radius 3 is 2.79 bits per heavy atom. The lowest BCUT2D eigenvalue weighted by atomic mass is 10.2. The summed E-state index contributed by atoms with van der Waals surface area (Å²) in [5.74, 6) is 0.902. The predicted octanol–water partition coefficient (Wildman–Crippen LogP) is 2.79. The summed E-state index contributed by atoms with van der Waals surface area (Å²) in [6.45, 7) is 8.03. The van der Waals surface area contributed by atoms with Crippen LogP contribution in [0.3, 0.4) is 0 Å². The SMILES string of the molecule is CCn1c(Sc2nc3cc(C)nn3c3ccccc23)nnc1N1CCOCC1. The van der Waals surface area contributed by atoms with Gasteiger partial charge in [0.05, 0.1) is 24.4 Å². The molecule has 8 nitrogen and oxygen atoms in total. The Balaban J connectivity index is 1.59. The summed E-state index contributed by atoms with van der Waals surface area (Å²) in [6.07, 6.45) is 0. The third-order valence-electron chi connectivity index (χ3n) is 4.89. The van der Waals surface area contributed by atoms with E-state index in [1.54, 1.807) is 11.8 Å². The highest BCUT2D eigenvalue weighted by atomic mass is 32.2. The number of para-hydroxylation sites is 1. The van der Waals surface area contributed by atoms with Crippen molar-refractivity contribution in [1.29, 1.82) is 0 Å². The molecule has 144 valence electrons. The first-order chi connectivity index (χ1) is 13.7. The summed E-state index contributed by atoms with van der Waals surface area (Å²) < 4.78 is 9.52. The minimum absolute atomic E-state index is 0.725. The van der Waals surface area contributed by atoms with Gasteiger partial charge in [-0.25, -0.2) is 9.50 Å². The number of benzene rings is 1. The van der Waals surface area contributed by atoms with Crippen molar-refractivity contribution in [1.82, 2.24) is 29.4 Å². The fourth-order valence-electron chi connectivity index (χ4n) is 3.54. The van der Waals surface area contributed by atoms with E-state index in [0.717, 1.165) is 71.2 Å². The predicted molar refractivity (Wildman–Crippen MR) is 108 cm³/mol. The molecule has 1 aliphatic rings. The van der Waals surface area contributed by atoms with Crippen molar-refractivity contribution in [3.05, 3.63) is 36.0 Å². The van der Waals surface area contributed by atoms with Crippen molar-refractivity contribution in [2.45, 2.75) is 30.6 Å². The second-order valence-corrected chi connectivity index (χ2v) is 7.67. The van der Waals surface area contributed by atoms with E-state index < -0.39 is 0 Å². The van der Waals surface area contributed by atoms with E-state index in [4.69, 9.17) is 9.72 Å². The largest absolute Gasteiger partial charge is 0.378 e. The van der Waals surface area contributed by atoms with Crippen LogP contribution in [0.4, 0.5) is 5.95 Å². The van der Waals surface area contributed by atoms with Crippen LogP contribution in [0, 0.1) is 6.92 Å². The summed E-state index contributed by atoms with van der Waals surface area (Å²) in [5, 5.41) is 16.4. The van der Waals surface area contributed by atoms with Gasteiger partial charge in [-0.15, -0.1) is 10.2 Å². The van der Waals surface area contributed by atoms with E-state index in [0.29, 0.717) is 0 Å². The van der Waals surface area contributed by atoms with Gasteiger partial charge in [-0.2, -0.15) is 5.10 Å². The average molecular weight is 395 g/mol. The lowest BCUT2D eigenvalue weighted by Gasteiger charge is -2.27. The van der Waals surface area contributed by atoms with Crippen LogP contribution in [0.2, 0.25) is 0 Å². The standard InChI is InChI=1S/C19H21N7OS/c1-3-25-18(24-8-10-27-11-9-24)21-22-19(25)28-17-14-6-4-5-7-15(14)26-16(20-17)12-13(2)23-26/h4-7,12H,3,8-11H2,1-2H3. The molecule has 1 saturated heterocycles. The second kappa shape index (κ2) is 7.06. The minimum Gasteiger partial charge on any atom is -0.378 e. The molecule has 1 fully saturated rings. The maximum atomic E-state index is 5.47. The van der Waals surface area contributed by atoms with Gasteiger partial charge in [0.2, 0.25) is 5.95 Å². The van der Waals surface area contributed by atoms with Crippen LogP contribution in [0.5, 0.6) is 0 Å². The maximum absolute atomic E-state index is 5.47. The number of nitrogens with zero attached hydrogens (tertiary/aromatic N) is 7. The number of aromatic nitrogens is 6. The van der Waals surface area contributed by atoms with E-state index in [1.807, 2.05) is 29.6 Å². The molecule has 28 heavy (non-hydrogen) atoms. The molecule has 5 rings (SSSR count). The number of hydrogen-bond donors (Lipinski definition) is 0. The van der Waals surface area contributed by atoms with Gasteiger partial charge in [0.25, 0.3) is 0 Å². The van der Waals surface area contributed by atoms with Crippen LogP contribution in [0.1, 0.15) is 12.6 Å². The first-order valence-corrected chi connectivity index (χ1v) is 10.2. The molecule has 1 aromatic carbocycles. The number of morpholine rings is 1. The van der Waals surface area contributed by atoms with Crippen molar-refractivity contribution >= 4 is 34.3 Å². The van der Waals surface area contributed by atoms with Gasteiger partial charge in [0, 0.05) is 31.1 Å². The molecule has 9 heteroatoms. The van der Waals surface area contributed by atoms with Crippen LogP contribution in [0.15, 0.2) is 40.5 Å². The first kappa shape index (κ1) is 17.4. The number of ether oxygens (including phenoxy) is 1. The molecule has 0 unspecified atom stereocenters. The summed E-state index contributed by atoms with van der Waals surface area (Å²) >= 11 is 1.56. The van der Waals surface area contributed by atoms with Gasteiger partial charge >= 0.3 is 0 Å². The van der Waals surface area contributed by atoms with Gasteiger partial charge in [-0.3, -0.25) is 4.57 Å². The van der Waals surface area contributed by atoms with Crippen molar-refractivity contribution in [3.8, 4) is 0 Å². The molecule has 0 saturated carbocycles. The lowest BCUT2D eigenvalue weighted by molar-refractivity contribution is 0.121. The highest BCUT2D eigenvalue weighted by Gasteiger charge is 2.21. The molecule has 4 heterocycles. The van der Waals surface area contributed by atoms with E-state index in [1.165, 1.54) is 0 Å². The van der Waals surface area contributed by atoms with Crippen molar-refractivity contribution < 1.29 is 4.74 Å². The number of aryl methyl sites for hydroxylation is 1. The Hall–Kier alpha value is -2.65. The highest BCUT2D eigenvalue weighted by Crippen LogP contribution is 2.33. The van der Waals surface area contributed by atoms with E-state index in [2.05, 4.69) is 43.8 Å². The van der Waals surface area contributed by atoms with Gasteiger partial charge in [0.1, 0.15) is 5.03 Å².